The maximum atomic E-state index is 6.04. The molecule has 0 radical (unpaired) electrons. The van der Waals surface area contributed by atoms with Crippen LogP contribution in [0.2, 0.25) is 0 Å². The van der Waals surface area contributed by atoms with Crippen LogP contribution in [-0.4, -0.2) is 5.16 Å². The fourth-order valence-electron chi connectivity index (χ4n) is 3.45. The van der Waals surface area contributed by atoms with Crippen molar-refractivity contribution in [2.24, 2.45) is 5.41 Å². The van der Waals surface area contributed by atoms with Crippen molar-refractivity contribution in [1.82, 2.24) is 5.16 Å². The molecule has 20 heavy (non-hydrogen) atoms. The number of anilines is 1. The SMILES string of the molecule is CC1(C)CCCCC1c1noc(N)c1-c1ccccc1. The summed E-state index contributed by atoms with van der Waals surface area (Å²) in [5.74, 6) is 0.861. The van der Waals surface area contributed by atoms with Gasteiger partial charge in [0, 0.05) is 5.92 Å². The van der Waals surface area contributed by atoms with E-state index < -0.39 is 0 Å². The number of nitrogen functional groups attached to an aromatic ring is 1. The number of benzene rings is 1. The molecular formula is C17H22N2O. The first kappa shape index (κ1) is 13.2. The van der Waals surface area contributed by atoms with E-state index in [1.54, 1.807) is 0 Å². The highest BCUT2D eigenvalue weighted by Crippen LogP contribution is 2.49. The Morgan fingerprint density at radius 2 is 1.95 bits per heavy atom. The number of nitrogens with two attached hydrogens (primary N) is 1. The van der Waals surface area contributed by atoms with E-state index in [1.807, 2.05) is 18.2 Å². The van der Waals surface area contributed by atoms with E-state index in [-0.39, 0.29) is 5.41 Å². The van der Waals surface area contributed by atoms with Gasteiger partial charge in [-0.25, -0.2) is 0 Å². The largest absolute Gasteiger partial charge is 0.367 e. The molecule has 2 aromatic rings. The van der Waals surface area contributed by atoms with Gasteiger partial charge in [0.15, 0.2) is 0 Å². The van der Waals surface area contributed by atoms with E-state index in [4.69, 9.17) is 10.3 Å². The van der Waals surface area contributed by atoms with Gasteiger partial charge in [-0.05, 0) is 23.8 Å². The molecule has 1 saturated carbocycles. The topological polar surface area (TPSA) is 52.0 Å². The second kappa shape index (κ2) is 4.97. The highest BCUT2D eigenvalue weighted by molar-refractivity contribution is 5.75. The van der Waals surface area contributed by atoms with Gasteiger partial charge in [0.05, 0.1) is 11.3 Å². The van der Waals surface area contributed by atoms with Crippen LogP contribution in [0.25, 0.3) is 11.1 Å². The standard InChI is InChI=1S/C17H22N2O/c1-17(2)11-7-6-10-13(17)15-14(16(18)20-19-15)12-8-4-3-5-9-12/h3-5,8-9,13H,6-7,10-11,18H2,1-2H3. The zero-order chi connectivity index (χ0) is 14.2. The second-order valence-electron chi connectivity index (χ2n) is 6.46. The van der Waals surface area contributed by atoms with Crippen molar-refractivity contribution in [3.05, 3.63) is 36.0 Å². The van der Waals surface area contributed by atoms with Crippen LogP contribution < -0.4 is 5.73 Å². The molecule has 1 aromatic carbocycles. The van der Waals surface area contributed by atoms with E-state index >= 15 is 0 Å². The summed E-state index contributed by atoms with van der Waals surface area (Å²) in [6.07, 6.45) is 4.96. The van der Waals surface area contributed by atoms with Gasteiger partial charge in [-0.2, -0.15) is 0 Å². The van der Waals surface area contributed by atoms with Gasteiger partial charge < -0.3 is 10.3 Å². The molecule has 1 unspecified atom stereocenters. The van der Waals surface area contributed by atoms with Crippen molar-refractivity contribution >= 4 is 5.88 Å². The molecule has 0 amide bonds. The Labute approximate surface area is 120 Å². The summed E-state index contributed by atoms with van der Waals surface area (Å²) in [6, 6.07) is 10.2. The highest BCUT2D eigenvalue weighted by Gasteiger charge is 2.37. The van der Waals surface area contributed by atoms with Crippen LogP contribution in [0.15, 0.2) is 34.9 Å². The molecule has 1 fully saturated rings. The van der Waals surface area contributed by atoms with Crippen LogP contribution in [0.5, 0.6) is 0 Å². The summed E-state index contributed by atoms with van der Waals surface area (Å²) in [5, 5.41) is 4.31. The molecule has 0 saturated heterocycles. The van der Waals surface area contributed by atoms with Crippen LogP contribution in [0.3, 0.4) is 0 Å². The number of hydrogen-bond donors (Lipinski definition) is 1. The Morgan fingerprint density at radius 3 is 2.65 bits per heavy atom. The Balaban J connectivity index is 2.07. The fraction of sp³-hybridized carbons (Fsp3) is 0.471. The van der Waals surface area contributed by atoms with Gasteiger partial charge in [-0.3, -0.25) is 0 Å². The van der Waals surface area contributed by atoms with Crippen LogP contribution in [-0.2, 0) is 0 Å². The zero-order valence-corrected chi connectivity index (χ0v) is 12.2. The van der Waals surface area contributed by atoms with Crippen LogP contribution in [0, 0.1) is 5.41 Å². The van der Waals surface area contributed by atoms with Crippen molar-refractivity contribution in [3.8, 4) is 11.1 Å². The summed E-state index contributed by atoms with van der Waals surface area (Å²) in [6.45, 7) is 4.66. The molecular weight excluding hydrogens is 248 g/mol. The van der Waals surface area contributed by atoms with Gasteiger partial charge >= 0.3 is 0 Å². The molecule has 0 bridgehead atoms. The zero-order valence-electron chi connectivity index (χ0n) is 12.2. The lowest BCUT2D eigenvalue weighted by molar-refractivity contribution is 0.192. The first-order valence-electron chi connectivity index (χ1n) is 7.40. The number of rotatable bonds is 2. The highest BCUT2D eigenvalue weighted by atomic mass is 16.5. The van der Waals surface area contributed by atoms with E-state index in [2.05, 4.69) is 31.1 Å². The summed E-state index contributed by atoms with van der Waals surface area (Å²) < 4.78 is 5.32. The molecule has 106 valence electrons. The van der Waals surface area contributed by atoms with Gasteiger partial charge in [-0.1, -0.05) is 62.2 Å². The average molecular weight is 270 g/mol. The molecule has 3 nitrogen and oxygen atoms in total. The molecule has 0 aliphatic heterocycles. The second-order valence-corrected chi connectivity index (χ2v) is 6.46. The Kier molecular flexibility index (Phi) is 3.28. The predicted molar refractivity (Wildman–Crippen MR) is 81.3 cm³/mol. The van der Waals surface area contributed by atoms with Crippen LogP contribution in [0.1, 0.15) is 51.1 Å². The fourth-order valence-corrected chi connectivity index (χ4v) is 3.45. The van der Waals surface area contributed by atoms with Crippen LogP contribution >= 0.6 is 0 Å². The van der Waals surface area contributed by atoms with Crippen molar-refractivity contribution < 1.29 is 4.52 Å². The molecule has 1 aliphatic carbocycles. The van der Waals surface area contributed by atoms with Gasteiger partial charge in [0.1, 0.15) is 0 Å². The Bertz CT molecular complexity index is 586. The third-order valence-electron chi connectivity index (χ3n) is 4.64. The molecule has 3 rings (SSSR count). The normalized spacial score (nSPS) is 21.8. The lowest BCUT2D eigenvalue weighted by atomic mass is 9.67. The first-order chi connectivity index (χ1) is 9.59. The van der Waals surface area contributed by atoms with Crippen molar-refractivity contribution in [1.29, 1.82) is 0 Å². The molecule has 1 aliphatic rings. The third kappa shape index (κ3) is 2.21. The monoisotopic (exact) mass is 270 g/mol. The number of hydrogen-bond acceptors (Lipinski definition) is 3. The molecule has 2 N–H and O–H groups in total. The number of aromatic nitrogens is 1. The van der Waals surface area contributed by atoms with E-state index in [0.717, 1.165) is 16.8 Å². The van der Waals surface area contributed by atoms with Gasteiger partial charge in [0.2, 0.25) is 5.88 Å². The average Bonchev–Trinajstić information content (AvgIpc) is 2.81. The van der Waals surface area contributed by atoms with Gasteiger partial charge in [-0.15, -0.1) is 0 Å². The summed E-state index contributed by atoms with van der Waals surface area (Å²) in [5.41, 5.74) is 9.43. The maximum absolute atomic E-state index is 6.04. The quantitative estimate of drug-likeness (QED) is 0.867. The summed E-state index contributed by atoms with van der Waals surface area (Å²) >= 11 is 0. The molecule has 0 spiro atoms. The minimum Gasteiger partial charge on any atom is -0.367 e. The molecule has 1 heterocycles. The molecule has 1 aromatic heterocycles. The minimum absolute atomic E-state index is 0.255. The summed E-state index contributed by atoms with van der Waals surface area (Å²) in [7, 11) is 0. The lowest BCUT2D eigenvalue weighted by Crippen LogP contribution is -2.26. The minimum atomic E-state index is 0.255. The van der Waals surface area contributed by atoms with Crippen molar-refractivity contribution in [3.63, 3.8) is 0 Å². The lowest BCUT2D eigenvalue weighted by Gasteiger charge is -2.37. The predicted octanol–water partition coefficient (Wildman–Crippen LogP) is 4.61. The van der Waals surface area contributed by atoms with E-state index in [1.165, 1.54) is 25.7 Å². The van der Waals surface area contributed by atoms with Gasteiger partial charge in [0.25, 0.3) is 0 Å². The van der Waals surface area contributed by atoms with E-state index in [9.17, 15) is 0 Å². The number of nitrogens with zero attached hydrogens (tertiary/aromatic N) is 1. The van der Waals surface area contributed by atoms with Crippen molar-refractivity contribution in [2.45, 2.75) is 45.4 Å². The van der Waals surface area contributed by atoms with E-state index in [0.29, 0.717) is 11.8 Å². The smallest absolute Gasteiger partial charge is 0.230 e. The molecule has 1 atom stereocenters. The Morgan fingerprint density at radius 1 is 1.20 bits per heavy atom. The van der Waals surface area contributed by atoms with Crippen LogP contribution in [0.4, 0.5) is 5.88 Å². The molecule has 3 heteroatoms. The Hall–Kier alpha value is -1.77. The first-order valence-corrected chi connectivity index (χ1v) is 7.40. The summed E-state index contributed by atoms with van der Waals surface area (Å²) in [4.78, 5) is 0. The maximum Gasteiger partial charge on any atom is 0.230 e. The van der Waals surface area contributed by atoms with Crippen molar-refractivity contribution in [2.75, 3.05) is 5.73 Å². The third-order valence-corrected chi connectivity index (χ3v) is 4.64.